The zero-order valence-electron chi connectivity index (χ0n) is 7.88. The van der Waals surface area contributed by atoms with Gasteiger partial charge in [-0.05, 0) is 19.3 Å². The largest absolute Gasteiger partial charge is 0.370 e. The van der Waals surface area contributed by atoms with Crippen LogP contribution >= 0.6 is 0 Å². The highest BCUT2D eigenvalue weighted by atomic mass is 16.2. The molecule has 0 unspecified atom stereocenters. The summed E-state index contributed by atoms with van der Waals surface area (Å²) in [5.74, 6) is -0.592. The van der Waals surface area contributed by atoms with E-state index < -0.39 is 5.41 Å². The third-order valence-electron chi connectivity index (χ3n) is 2.28. The highest BCUT2D eigenvalue weighted by Crippen LogP contribution is 2.44. The molecular weight excluding hydrogens is 182 g/mol. The second-order valence-electron chi connectivity index (χ2n) is 3.52. The monoisotopic (exact) mass is 195 g/mol. The average Bonchev–Trinajstić information content (AvgIpc) is 2.92. The molecule has 0 bridgehead atoms. The summed E-state index contributed by atoms with van der Waals surface area (Å²) in [6.07, 6.45) is 2.08. The molecule has 0 aliphatic heterocycles. The van der Waals surface area contributed by atoms with E-state index in [1.54, 1.807) is 0 Å². The number of hydrogen-bond acceptors (Lipinski definition) is 3. The highest BCUT2D eigenvalue weighted by Gasteiger charge is 2.50. The standard InChI is InChI=1S/C9H13N3O2/c10-6-9(3-4-9)8(14)12-5-1-2-7(11)13/h1-5H2,(H2,11,13)(H,12,14). The van der Waals surface area contributed by atoms with Crippen LogP contribution in [-0.2, 0) is 9.59 Å². The van der Waals surface area contributed by atoms with Gasteiger partial charge in [0.15, 0.2) is 0 Å². The first-order valence-corrected chi connectivity index (χ1v) is 4.58. The van der Waals surface area contributed by atoms with Crippen molar-refractivity contribution >= 4 is 11.8 Å². The molecule has 0 spiro atoms. The summed E-state index contributed by atoms with van der Waals surface area (Å²) < 4.78 is 0. The molecule has 1 rings (SSSR count). The summed E-state index contributed by atoms with van der Waals surface area (Å²) >= 11 is 0. The molecule has 0 radical (unpaired) electrons. The van der Waals surface area contributed by atoms with Crippen molar-refractivity contribution in [3.63, 3.8) is 0 Å². The van der Waals surface area contributed by atoms with Gasteiger partial charge in [-0.2, -0.15) is 5.26 Å². The molecule has 0 atom stereocenters. The quantitative estimate of drug-likeness (QED) is 0.588. The van der Waals surface area contributed by atoms with Crippen molar-refractivity contribution in [2.45, 2.75) is 25.7 Å². The fourth-order valence-electron chi connectivity index (χ4n) is 1.15. The molecular formula is C9H13N3O2. The summed E-state index contributed by atoms with van der Waals surface area (Å²) in [5.41, 5.74) is 4.16. The maximum atomic E-state index is 11.4. The topological polar surface area (TPSA) is 96.0 Å². The van der Waals surface area contributed by atoms with Gasteiger partial charge in [0.25, 0.3) is 0 Å². The molecule has 1 aliphatic carbocycles. The number of amides is 2. The fraction of sp³-hybridized carbons (Fsp3) is 0.667. The second kappa shape index (κ2) is 4.09. The smallest absolute Gasteiger partial charge is 0.240 e. The van der Waals surface area contributed by atoms with Crippen molar-refractivity contribution < 1.29 is 9.59 Å². The van der Waals surface area contributed by atoms with Gasteiger partial charge in [0, 0.05) is 13.0 Å². The van der Waals surface area contributed by atoms with E-state index in [-0.39, 0.29) is 18.2 Å². The Morgan fingerprint density at radius 2 is 2.14 bits per heavy atom. The molecule has 1 saturated carbocycles. The number of nitrogens with one attached hydrogen (secondary N) is 1. The number of nitrogens with two attached hydrogens (primary N) is 1. The molecule has 0 heterocycles. The molecule has 0 saturated heterocycles. The first-order chi connectivity index (χ1) is 6.60. The van der Waals surface area contributed by atoms with E-state index in [0.717, 1.165) is 0 Å². The molecule has 0 aromatic heterocycles. The van der Waals surface area contributed by atoms with Crippen LogP contribution in [0.15, 0.2) is 0 Å². The van der Waals surface area contributed by atoms with Crippen LogP contribution < -0.4 is 11.1 Å². The SMILES string of the molecule is N#CC1(C(=O)NCCCC(N)=O)CC1. The molecule has 1 aliphatic rings. The molecule has 5 nitrogen and oxygen atoms in total. The summed E-state index contributed by atoms with van der Waals surface area (Å²) in [5, 5.41) is 11.3. The van der Waals surface area contributed by atoms with Crippen LogP contribution in [0.25, 0.3) is 0 Å². The number of primary amides is 1. The van der Waals surface area contributed by atoms with Gasteiger partial charge in [-0.15, -0.1) is 0 Å². The molecule has 0 aromatic carbocycles. The number of nitrogens with zero attached hydrogens (tertiary/aromatic N) is 1. The van der Waals surface area contributed by atoms with Crippen molar-refractivity contribution in [2.75, 3.05) is 6.54 Å². The minimum absolute atomic E-state index is 0.218. The van der Waals surface area contributed by atoms with Crippen LogP contribution in [0.2, 0.25) is 0 Å². The summed E-state index contributed by atoms with van der Waals surface area (Å²) in [6, 6.07) is 2.00. The number of rotatable bonds is 5. The Kier molecular flexibility index (Phi) is 3.07. The Balaban J connectivity index is 2.17. The van der Waals surface area contributed by atoms with Crippen LogP contribution in [0.3, 0.4) is 0 Å². The number of carbonyl (C=O) groups excluding carboxylic acids is 2. The van der Waals surface area contributed by atoms with Crippen molar-refractivity contribution in [3.05, 3.63) is 0 Å². The predicted molar refractivity (Wildman–Crippen MR) is 48.7 cm³/mol. The molecule has 2 amide bonds. The fourth-order valence-corrected chi connectivity index (χ4v) is 1.15. The first kappa shape index (κ1) is 10.5. The minimum atomic E-state index is -0.771. The predicted octanol–water partition coefficient (Wildman–Crippen LogP) is -0.328. The van der Waals surface area contributed by atoms with E-state index in [9.17, 15) is 9.59 Å². The summed E-state index contributed by atoms with van der Waals surface area (Å²) in [6.45, 7) is 0.408. The Bertz CT molecular complexity index is 289. The third-order valence-corrected chi connectivity index (χ3v) is 2.28. The van der Waals surface area contributed by atoms with Crippen molar-refractivity contribution in [1.82, 2.24) is 5.32 Å². The van der Waals surface area contributed by atoms with Crippen molar-refractivity contribution in [1.29, 1.82) is 5.26 Å². The molecule has 14 heavy (non-hydrogen) atoms. The van der Waals surface area contributed by atoms with Crippen LogP contribution in [0.5, 0.6) is 0 Å². The lowest BCUT2D eigenvalue weighted by molar-refractivity contribution is -0.124. The van der Waals surface area contributed by atoms with E-state index in [4.69, 9.17) is 11.0 Å². The van der Waals surface area contributed by atoms with Gasteiger partial charge in [-0.3, -0.25) is 9.59 Å². The molecule has 0 aromatic rings. The van der Waals surface area contributed by atoms with Gasteiger partial charge in [0.05, 0.1) is 6.07 Å². The lowest BCUT2D eigenvalue weighted by atomic mass is 10.1. The van der Waals surface area contributed by atoms with Crippen molar-refractivity contribution in [2.24, 2.45) is 11.1 Å². The summed E-state index contributed by atoms with van der Waals surface area (Å²) in [4.78, 5) is 21.7. The minimum Gasteiger partial charge on any atom is -0.370 e. The molecule has 76 valence electrons. The second-order valence-corrected chi connectivity index (χ2v) is 3.52. The zero-order chi connectivity index (χ0) is 10.6. The lowest BCUT2D eigenvalue weighted by Crippen LogP contribution is -2.32. The van der Waals surface area contributed by atoms with Gasteiger partial charge < -0.3 is 11.1 Å². The molecule has 3 N–H and O–H groups in total. The average molecular weight is 195 g/mol. The lowest BCUT2D eigenvalue weighted by Gasteiger charge is -2.06. The van der Waals surface area contributed by atoms with Crippen LogP contribution in [0.4, 0.5) is 0 Å². The van der Waals surface area contributed by atoms with Crippen LogP contribution in [0.1, 0.15) is 25.7 Å². The van der Waals surface area contributed by atoms with Gasteiger partial charge in [-0.1, -0.05) is 0 Å². The van der Waals surface area contributed by atoms with E-state index in [0.29, 0.717) is 25.8 Å². The van der Waals surface area contributed by atoms with Gasteiger partial charge in [-0.25, -0.2) is 0 Å². The van der Waals surface area contributed by atoms with E-state index in [2.05, 4.69) is 5.32 Å². The summed E-state index contributed by atoms with van der Waals surface area (Å²) in [7, 11) is 0. The Morgan fingerprint density at radius 1 is 1.50 bits per heavy atom. The van der Waals surface area contributed by atoms with Gasteiger partial charge in [0.1, 0.15) is 5.41 Å². The van der Waals surface area contributed by atoms with E-state index in [1.165, 1.54) is 0 Å². The Labute approximate surface area is 82.3 Å². The maximum absolute atomic E-state index is 11.4. The normalized spacial score (nSPS) is 16.8. The third kappa shape index (κ3) is 2.46. The van der Waals surface area contributed by atoms with Crippen molar-refractivity contribution in [3.8, 4) is 6.07 Å². The number of carbonyl (C=O) groups is 2. The first-order valence-electron chi connectivity index (χ1n) is 4.58. The highest BCUT2D eigenvalue weighted by molar-refractivity contribution is 5.88. The Morgan fingerprint density at radius 3 is 2.57 bits per heavy atom. The van der Waals surface area contributed by atoms with E-state index in [1.807, 2.05) is 6.07 Å². The van der Waals surface area contributed by atoms with Crippen LogP contribution in [0, 0.1) is 16.7 Å². The number of nitriles is 1. The zero-order valence-corrected chi connectivity index (χ0v) is 7.88. The molecule has 5 heteroatoms. The van der Waals surface area contributed by atoms with Gasteiger partial charge >= 0.3 is 0 Å². The Hall–Kier alpha value is -1.57. The van der Waals surface area contributed by atoms with Crippen LogP contribution in [-0.4, -0.2) is 18.4 Å². The van der Waals surface area contributed by atoms with Gasteiger partial charge in [0.2, 0.25) is 11.8 Å². The van der Waals surface area contributed by atoms with E-state index >= 15 is 0 Å². The molecule has 1 fully saturated rings. The number of hydrogen-bond donors (Lipinski definition) is 2. The maximum Gasteiger partial charge on any atom is 0.240 e.